The third kappa shape index (κ3) is 2.80. The lowest BCUT2D eigenvalue weighted by molar-refractivity contribution is 0.0601. The van der Waals surface area contributed by atoms with Gasteiger partial charge in [0.05, 0.1) is 30.2 Å². The molecule has 2 rings (SSSR count). The second-order valence-corrected chi connectivity index (χ2v) is 3.89. The molecule has 0 bridgehead atoms. The van der Waals surface area contributed by atoms with E-state index in [9.17, 15) is 14.0 Å². The number of aldehydes is 1. The van der Waals surface area contributed by atoms with Crippen molar-refractivity contribution in [1.29, 1.82) is 0 Å². The summed E-state index contributed by atoms with van der Waals surface area (Å²) in [4.78, 5) is 26.4. The minimum atomic E-state index is -0.677. The van der Waals surface area contributed by atoms with Gasteiger partial charge in [-0.25, -0.2) is 9.18 Å². The predicted octanol–water partition coefficient (Wildman–Crippen LogP) is 2.56. The first-order valence-electron chi connectivity index (χ1n) is 5.69. The van der Waals surface area contributed by atoms with Crippen molar-refractivity contribution in [3.8, 4) is 0 Å². The molecule has 0 unspecified atom stereocenters. The number of esters is 1. The van der Waals surface area contributed by atoms with E-state index in [0.29, 0.717) is 23.2 Å². The van der Waals surface area contributed by atoms with Crippen molar-refractivity contribution in [1.82, 2.24) is 4.98 Å². The number of rotatable bonds is 4. The highest BCUT2D eigenvalue weighted by Gasteiger charge is 2.14. The van der Waals surface area contributed by atoms with E-state index in [-0.39, 0.29) is 5.56 Å². The lowest BCUT2D eigenvalue weighted by atomic mass is 10.1. The molecule has 0 aliphatic rings. The molecular formula is C14H11FN2O3. The van der Waals surface area contributed by atoms with Gasteiger partial charge in [-0.3, -0.25) is 9.78 Å². The summed E-state index contributed by atoms with van der Waals surface area (Å²) in [6, 6.07) is 5.18. The van der Waals surface area contributed by atoms with E-state index in [2.05, 4.69) is 15.0 Å². The molecule has 2 aromatic rings. The summed E-state index contributed by atoms with van der Waals surface area (Å²) in [5.41, 5.74) is 1.15. The minimum Gasteiger partial charge on any atom is -0.465 e. The van der Waals surface area contributed by atoms with Crippen molar-refractivity contribution in [3.63, 3.8) is 0 Å². The predicted molar refractivity (Wildman–Crippen MR) is 70.6 cm³/mol. The van der Waals surface area contributed by atoms with Gasteiger partial charge in [-0.05, 0) is 24.3 Å². The maximum Gasteiger partial charge on any atom is 0.340 e. The van der Waals surface area contributed by atoms with Crippen molar-refractivity contribution in [2.24, 2.45) is 0 Å². The van der Waals surface area contributed by atoms with Gasteiger partial charge in [0.15, 0.2) is 6.29 Å². The molecule has 6 heteroatoms. The average Bonchev–Trinajstić information content (AvgIpc) is 2.48. The molecule has 1 aromatic carbocycles. The van der Waals surface area contributed by atoms with Crippen LogP contribution in [0, 0.1) is 5.82 Å². The van der Waals surface area contributed by atoms with Crippen LogP contribution in [0.3, 0.4) is 0 Å². The Morgan fingerprint density at radius 1 is 1.35 bits per heavy atom. The second-order valence-electron chi connectivity index (χ2n) is 3.89. The first kappa shape index (κ1) is 13.7. The lowest BCUT2D eigenvalue weighted by Crippen LogP contribution is -2.07. The number of benzene rings is 1. The Morgan fingerprint density at radius 2 is 2.15 bits per heavy atom. The van der Waals surface area contributed by atoms with E-state index in [0.717, 1.165) is 6.07 Å². The van der Waals surface area contributed by atoms with Gasteiger partial charge in [0.1, 0.15) is 5.82 Å². The van der Waals surface area contributed by atoms with Crippen LogP contribution < -0.4 is 5.32 Å². The third-order valence-electron chi connectivity index (χ3n) is 2.64. The zero-order chi connectivity index (χ0) is 14.5. The fourth-order valence-corrected chi connectivity index (χ4v) is 1.66. The number of aromatic nitrogens is 1. The molecule has 1 N–H and O–H groups in total. The van der Waals surface area contributed by atoms with Crippen molar-refractivity contribution < 1.29 is 18.7 Å². The van der Waals surface area contributed by atoms with Gasteiger partial charge in [-0.15, -0.1) is 0 Å². The molecule has 102 valence electrons. The standard InChI is InChI=1S/C14H11FN2O3/c1-20-14(19)11-6-10(15)2-3-12(11)17-13-7-16-5-4-9(13)8-18/h2-8,17H,1H3. The van der Waals surface area contributed by atoms with Crippen LogP contribution in [0.5, 0.6) is 0 Å². The highest BCUT2D eigenvalue weighted by Crippen LogP contribution is 2.24. The zero-order valence-corrected chi connectivity index (χ0v) is 10.6. The molecular weight excluding hydrogens is 263 g/mol. The highest BCUT2D eigenvalue weighted by atomic mass is 19.1. The molecule has 0 saturated heterocycles. The Hall–Kier alpha value is -2.76. The van der Waals surface area contributed by atoms with E-state index < -0.39 is 11.8 Å². The topological polar surface area (TPSA) is 68.3 Å². The van der Waals surface area contributed by atoms with Crippen LogP contribution in [0.4, 0.5) is 15.8 Å². The van der Waals surface area contributed by atoms with Gasteiger partial charge in [-0.1, -0.05) is 0 Å². The normalized spacial score (nSPS) is 9.90. The number of carbonyl (C=O) groups excluding carboxylic acids is 2. The molecule has 1 heterocycles. The van der Waals surface area contributed by atoms with E-state index in [1.54, 1.807) is 0 Å². The molecule has 0 fully saturated rings. The van der Waals surface area contributed by atoms with E-state index in [1.807, 2.05) is 0 Å². The molecule has 0 amide bonds. The van der Waals surface area contributed by atoms with Gasteiger partial charge < -0.3 is 10.1 Å². The number of carbonyl (C=O) groups is 2. The Kier molecular flexibility index (Phi) is 4.05. The number of pyridine rings is 1. The number of hydrogen-bond acceptors (Lipinski definition) is 5. The van der Waals surface area contributed by atoms with Crippen LogP contribution >= 0.6 is 0 Å². The number of nitrogens with zero attached hydrogens (tertiary/aromatic N) is 1. The molecule has 0 aliphatic heterocycles. The van der Waals surface area contributed by atoms with Crippen molar-refractivity contribution in [2.75, 3.05) is 12.4 Å². The summed E-state index contributed by atoms with van der Waals surface area (Å²) < 4.78 is 17.8. The Bertz CT molecular complexity index is 659. The summed E-state index contributed by atoms with van der Waals surface area (Å²) in [6.07, 6.45) is 3.57. The van der Waals surface area contributed by atoms with Crippen LogP contribution in [-0.4, -0.2) is 24.3 Å². The second kappa shape index (κ2) is 5.92. The minimum absolute atomic E-state index is 0.0354. The zero-order valence-electron chi connectivity index (χ0n) is 10.6. The number of ether oxygens (including phenoxy) is 1. The molecule has 5 nitrogen and oxygen atoms in total. The Labute approximate surface area is 114 Å². The van der Waals surface area contributed by atoms with Crippen LogP contribution in [0.15, 0.2) is 36.7 Å². The molecule has 20 heavy (non-hydrogen) atoms. The summed E-state index contributed by atoms with van der Waals surface area (Å²) in [5.74, 6) is -1.23. The fourth-order valence-electron chi connectivity index (χ4n) is 1.66. The number of hydrogen-bond donors (Lipinski definition) is 1. The summed E-state index contributed by atoms with van der Waals surface area (Å²) in [6.45, 7) is 0. The fraction of sp³-hybridized carbons (Fsp3) is 0.0714. The van der Waals surface area contributed by atoms with Crippen LogP contribution in [0.25, 0.3) is 0 Å². The summed E-state index contributed by atoms with van der Waals surface area (Å²) >= 11 is 0. The SMILES string of the molecule is COC(=O)c1cc(F)ccc1Nc1cnccc1C=O. The molecule has 0 radical (unpaired) electrons. The Balaban J connectivity index is 2.43. The average molecular weight is 274 g/mol. The monoisotopic (exact) mass is 274 g/mol. The molecule has 0 atom stereocenters. The lowest BCUT2D eigenvalue weighted by Gasteiger charge is -2.11. The Morgan fingerprint density at radius 3 is 2.85 bits per heavy atom. The summed E-state index contributed by atoms with van der Waals surface area (Å²) in [5, 5.41) is 2.87. The number of anilines is 2. The molecule has 0 spiro atoms. The van der Waals surface area contributed by atoms with Gasteiger partial charge in [-0.2, -0.15) is 0 Å². The molecule has 1 aromatic heterocycles. The van der Waals surface area contributed by atoms with Crippen molar-refractivity contribution >= 4 is 23.6 Å². The quantitative estimate of drug-likeness (QED) is 0.685. The van der Waals surface area contributed by atoms with E-state index in [4.69, 9.17) is 0 Å². The van der Waals surface area contributed by atoms with Gasteiger partial charge in [0.25, 0.3) is 0 Å². The third-order valence-corrected chi connectivity index (χ3v) is 2.64. The first-order chi connectivity index (χ1) is 9.65. The van der Waals surface area contributed by atoms with E-state index in [1.165, 1.54) is 37.7 Å². The summed E-state index contributed by atoms with van der Waals surface area (Å²) in [7, 11) is 1.21. The van der Waals surface area contributed by atoms with Gasteiger partial charge >= 0.3 is 5.97 Å². The number of nitrogens with one attached hydrogen (secondary N) is 1. The largest absolute Gasteiger partial charge is 0.465 e. The van der Waals surface area contributed by atoms with Crippen molar-refractivity contribution in [3.05, 3.63) is 53.6 Å². The number of methoxy groups -OCH3 is 1. The van der Waals surface area contributed by atoms with Crippen LogP contribution in [0.2, 0.25) is 0 Å². The number of halogens is 1. The molecule has 0 saturated carbocycles. The smallest absolute Gasteiger partial charge is 0.340 e. The molecule has 0 aliphatic carbocycles. The first-order valence-corrected chi connectivity index (χ1v) is 5.69. The van der Waals surface area contributed by atoms with Crippen LogP contribution in [0.1, 0.15) is 20.7 Å². The van der Waals surface area contributed by atoms with Crippen LogP contribution in [-0.2, 0) is 4.74 Å². The van der Waals surface area contributed by atoms with Gasteiger partial charge in [0.2, 0.25) is 0 Å². The maximum absolute atomic E-state index is 13.2. The maximum atomic E-state index is 13.2. The van der Waals surface area contributed by atoms with Crippen molar-refractivity contribution in [2.45, 2.75) is 0 Å². The highest BCUT2D eigenvalue weighted by molar-refractivity contribution is 5.97. The van der Waals surface area contributed by atoms with E-state index >= 15 is 0 Å². The van der Waals surface area contributed by atoms with Gasteiger partial charge in [0, 0.05) is 11.8 Å².